The summed E-state index contributed by atoms with van der Waals surface area (Å²) in [6, 6.07) is 110. The molecule has 0 aliphatic rings. The molecule has 0 atom stereocenters. The molecule has 20 nitrogen and oxygen atoms in total. The van der Waals surface area contributed by atoms with E-state index < -0.39 is 0 Å². The standard InChI is InChI=1S/C31H19N4.C22H22N3.C14H9N4.C13H9FN3.2C13H10N3.4Ir/c1-32-25-16-8-15-24(21-25)30-33-31-28(19-10-20-35(31)34-30)29-26(22-11-4-2-5-12-22)17-9-18-27(29)23-13-6-3-7-14-23;1-15-11-19(22(3,4)5)12-16(2)20(15)25-10-9-24-21(25)18-8-6-7-17(13-18)14-23;1-10-5-4-8-18-14(10)16-13(17-18)11-6-3-7-12(9-11)15-2;1-9-3-2-8-17-13(9)15-12(16-17)10-4-6-11(14)7-5-10;1-10-6-5-9-16-13(10)14-12(15-16)11-7-3-2-4-8-11;1-10-6-5-9-12-14-13(15-16(10)12)11-7-3-2-4-8-11;;;;/h2-14,16-21H;6-7,9-13H,1-5H3;3-5,7-9H,1H3;2-4,6-8H,1H3;2*2-7,9H,1H3;;;;/q6*-1;;;;. The summed E-state index contributed by atoms with van der Waals surface area (Å²) in [6.45, 7) is 33.3. The molecule has 131 heavy (non-hydrogen) atoms. The topological polar surface area (TPSA) is 201 Å². The third-order valence-electron chi connectivity index (χ3n) is 20.7. The van der Waals surface area contributed by atoms with Gasteiger partial charge in [-0.2, -0.15) is 42.9 Å². The average Bonchev–Trinajstić information content (AvgIpc) is 1.70. The van der Waals surface area contributed by atoms with E-state index in [1.807, 2.05) is 191 Å². The third kappa shape index (κ3) is 22.1. The van der Waals surface area contributed by atoms with Crippen molar-refractivity contribution in [3.8, 4) is 113 Å². The van der Waals surface area contributed by atoms with Crippen LogP contribution in [-0.2, 0) is 85.8 Å². The van der Waals surface area contributed by atoms with Crippen LogP contribution in [0.3, 0.4) is 0 Å². The van der Waals surface area contributed by atoms with Gasteiger partial charge >= 0.3 is 0 Å². The summed E-state index contributed by atoms with van der Waals surface area (Å²) in [5.74, 6) is 3.61. The van der Waals surface area contributed by atoms with Crippen molar-refractivity contribution in [3.05, 3.63) is 426 Å². The van der Waals surface area contributed by atoms with Crippen LogP contribution in [-0.4, -0.2) is 82.5 Å². The summed E-state index contributed by atoms with van der Waals surface area (Å²) in [5, 5.41) is 31.5. The third-order valence-corrected chi connectivity index (χ3v) is 20.7. The Hall–Kier alpha value is -14.5. The van der Waals surface area contributed by atoms with Crippen molar-refractivity contribution < 1.29 is 84.8 Å². The van der Waals surface area contributed by atoms with Crippen molar-refractivity contribution in [3.63, 3.8) is 0 Å². The van der Waals surface area contributed by atoms with Crippen molar-refractivity contribution in [1.82, 2.24) is 82.5 Å². The molecule has 11 aromatic heterocycles. The minimum absolute atomic E-state index is 0. The van der Waals surface area contributed by atoms with E-state index in [9.17, 15) is 4.39 Å². The van der Waals surface area contributed by atoms with Crippen LogP contribution in [0.15, 0.2) is 316 Å². The predicted octanol–water partition coefficient (Wildman–Crippen LogP) is 23.6. The van der Waals surface area contributed by atoms with Gasteiger partial charge in [0, 0.05) is 146 Å². The summed E-state index contributed by atoms with van der Waals surface area (Å²) < 4.78 is 23.8. The van der Waals surface area contributed by atoms with Crippen molar-refractivity contribution in [1.29, 1.82) is 5.26 Å². The number of hydrogen-bond donors (Lipinski definition) is 0. The number of halogens is 1. The van der Waals surface area contributed by atoms with Crippen molar-refractivity contribution in [2.75, 3.05) is 0 Å². The molecule has 25 heteroatoms. The first kappa shape index (κ1) is 95.6. The van der Waals surface area contributed by atoms with Crippen LogP contribution in [0.5, 0.6) is 0 Å². The molecule has 0 bridgehead atoms. The van der Waals surface area contributed by atoms with Gasteiger partial charge in [0.05, 0.1) is 54.2 Å². The predicted molar refractivity (Wildman–Crippen MR) is 495 cm³/mol. The van der Waals surface area contributed by atoms with Crippen LogP contribution in [0, 0.1) is 108 Å². The molecule has 0 amide bonds. The number of imidazole rings is 1. The van der Waals surface area contributed by atoms with Gasteiger partial charge in [-0.25, -0.2) is 22.6 Å². The van der Waals surface area contributed by atoms with Crippen LogP contribution >= 0.6 is 0 Å². The van der Waals surface area contributed by atoms with Gasteiger partial charge < -0.3 is 4.57 Å². The fourth-order valence-electron chi connectivity index (χ4n) is 14.4. The molecule has 0 saturated heterocycles. The molecular weight excluding hydrogens is 2340 g/mol. The average molecular weight is 2420 g/mol. The normalized spacial score (nSPS) is 10.6. The second-order valence-corrected chi connectivity index (χ2v) is 30.7. The molecule has 652 valence electrons. The Morgan fingerprint density at radius 1 is 0.382 bits per heavy atom. The van der Waals surface area contributed by atoms with E-state index in [1.54, 1.807) is 78.9 Å². The Morgan fingerprint density at radius 2 is 0.817 bits per heavy atom. The summed E-state index contributed by atoms with van der Waals surface area (Å²) >= 11 is 0. The van der Waals surface area contributed by atoms with E-state index in [0.29, 0.717) is 45.5 Å². The van der Waals surface area contributed by atoms with Gasteiger partial charge in [-0.15, -0.1) is 179 Å². The summed E-state index contributed by atoms with van der Waals surface area (Å²) in [7, 11) is 0. The van der Waals surface area contributed by atoms with Gasteiger partial charge in [-0.3, -0.25) is 44.0 Å². The Morgan fingerprint density at radius 3 is 1.27 bits per heavy atom. The first-order chi connectivity index (χ1) is 61.8. The largest absolute Gasteiger partial charge is 0.340 e. The second-order valence-electron chi connectivity index (χ2n) is 30.7. The number of aryl methyl sites for hydroxylation is 6. The van der Waals surface area contributed by atoms with Crippen LogP contribution < -0.4 is 0 Å². The molecule has 21 aromatic rings. The summed E-state index contributed by atoms with van der Waals surface area (Å²) in [6.07, 6.45) is 11.3. The number of aromatic nitrogens is 17. The van der Waals surface area contributed by atoms with E-state index in [-0.39, 0.29) is 91.7 Å². The number of nitriles is 1. The summed E-state index contributed by atoms with van der Waals surface area (Å²) in [4.78, 5) is 34.2. The Bertz CT molecular complexity index is 7460. The van der Waals surface area contributed by atoms with Gasteiger partial charge in [0.1, 0.15) is 34.0 Å². The first-order valence-corrected chi connectivity index (χ1v) is 40.7. The van der Waals surface area contributed by atoms with Crippen LogP contribution in [0.1, 0.15) is 65.4 Å². The Kier molecular flexibility index (Phi) is 31.8. The molecule has 0 saturated carbocycles. The van der Waals surface area contributed by atoms with Crippen LogP contribution in [0.25, 0.3) is 145 Å². The molecule has 0 aliphatic carbocycles. The van der Waals surface area contributed by atoms with E-state index in [1.165, 1.54) is 28.8 Å². The molecule has 4 radical (unpaired) electrons. The van der Waals surface area contributed by atoms with Gasteiger partial charge in [0.15, 0.2) is 5.65 Å². The van der Waals surface area contributed by atoms with Gasteiger partial charge in [-0.05, 0) is 151 Å². The van der Waals surface area contributed by atoms with E-state index in [4.69, 9.17) is 28.5 Å². The van der Waals surface area contributed by atoms with Crippen LogP contribution in [0.2, 0.25) is 0 Å². The zero-order valence-corrected chi connectivity index (χ0v) is 81.8. The SMILES string of the molecule is Cc1cc(C(C)(C)C)cc(C)c1-n1ccnc1-c1[c-]ccc(C#N)c1.Cc1cccc2nc(-c3[c-]cccc3)nn12.Cc1cccn2nc(-c3[c-]cc(F)cc3)nc12.Cc1cccn2nc(-c3[c-]cccc3)nc12.[C-]#[N+]c1cc[c-]c(-c2nc3c(-c4c(-c5ccccc5)cccc4-c4ccccc4)cccn3n2)c1.[C-]#[N+]c1cc[c-]c(-c2nc3c(C)cccn3n2)c1.[Ir].[Ir].[Ir].[Ir]. The molecule has 0 unspecified atom stereocenters. The monoisotopic (exact) mass is 2420 g/mol. The molecule has 11 heterocycles. The maximum atomic E-state index is 12.8. The number of benzene rings is 10. The Labute approximate surface area is 812 Å². The maximum absolute atomic E-state index is 12.8. The second kappa shape index (κ2) is 43.5. The first-order valence-electron chi connectivity index (χ1n) is 40.7. The minimum atomic E-state index is -0.311. The van der Waals surface area contributed by atoms with Crippen molar-refractivity contribution in [2.45, 2.75) is 67.7 Å². The van der Waals surface area contributed by atoms with Crippen molar-refractivity contribution in [2.24, 2.45) is 0 Å². The molecule has 0 N–H and O–H groups in total. The van der Waals surface area contributed by atoms with E-state index >= 15 is 0 Å². The number of rotatable bonds is 10. The number of pyridine rings is 5. The molecule has 21 rings (SSSR count). The quantitative estimate of drug-likeness (QED) is 0.117. The fourth-order valence-corrected chi connectivity index (χ4v) is 14.4. The molecule has 10 aromatic carbocycles. The number of fused-ring (bicyclic) bond motifs is 5. The molecule has 0 aliphatic heterocycles. The number of nitrogens with zero attached hydrogens (tertiary/aromatic N) is 20. The van der Waals surface area contributed by atoms with Gasteiger partial charge in [0.2, 0.25) is 0 Å². The minimum Gasteiger partial charge on any atom is -0.340 e. The van der Waals surface area contributed by atoms with E-state index in [2.05, 4.69) is 222 Å². The van der Waals surface area contributed by atoms with Gasteiger partial charge in [0.25, 0.3) is 0 Å². The summed E-state index contributed by atoms with van der Waals surface area (Å²) in [5.41, 5.74) is 26.6. The molecule has 0 fully saturated rings. The number of hydrogen-bond acceptors (Lipinski definition) is 12. The zero-order chi connectivity index (χ0) is 88.1. The fraction of sp³-hybridized carbons (Fsp3) is 0.0943. The van der Waals surface area contributed by atoms with Gasteiger partial charge in [-0.1, -0.05) is 136 Å². The van der Waals surface area contributed by atoms with Crippen LogP contribution in [0.4, 0.5) is 15.8 Å². The van der Waals surface area contributed by atoms with E-state index in [0.717, 1.165) is 129 Å². The molecule has 0 spiro atoms. The van der Waals surface area contributed by atoms with Crippen molar-refractivity contribution >= 4 is 39.6 Å². The smallest absolute Gasteiger partial charge is 0.153 e. The zero-order valence-electron chi connectivity index (χ0n) is 72.2. The Balaban J connectivity index is 0.000000145. The maximum Gasteiger partial charge on any atom is 0.153 e. The molecular formula is C106H79FIr4N20-6.